The normalized spacial score (nSPS) is 14.9. The highest BCUT2D eigenvalue weighted by atomic mass is 32.1. The summed E-state index contributed by atoms with van der Waals surface area (Å²) in [6.07, 6.45) is 26.2. The molecule has 0 radical (unpaired) electrons. The number of halogens is 3. The fourth-order valence-electron chi connectivity index (χ4n) is 13.0. The number of aryl methyl sites for hydroxylation is 2. The lowest BCUT2D eigenvalue weighted by atomic mass is 10.00. The van der Waals surface area contributed by atoms with E-state index in [-0.39, 0.29) is 16.9 Å². The first-order valence-corrected chi connectivity index (χ1v) is 40.1. The van der Waals surface area contributed by atoms with Crippen molar-refractivity contribution in [1.82, 2.24) is 17.5 Å². The standard InChI is InChI=1S/C68H79F3N4S8Si/c1-7-13-17-21-25-42(11-5)40-84(41-43(12-6)26-22-18-14-8-2)56-38-54(58-47(69)37-46(63-64(58)73-82-72-63)48-33-34-51(78-48)49-31-29-44(76-49)27-23-19-15-9-3)80-67(56)68-57(84)39-55(81-68)60-62(71)61(70)59(65-66(60)75-83-74-65)53-36-35-52(79-53)50-32-30-45(77-50)28-24-20-16-10-4/h29-39,42-43H,7-28,40-41H2,1-6H3. The molecule has 9 heterocycles. The second kappa shape index (κ2) is 28.6. The summed E-state index contributed by atoms with van der Waals surface area (Å²) in [5, 5.41) is 2.74. The maximum absolute atomic E-state index is 17.7. The largest absolute Gasteiger partial charge is 0.206 e. The Morgan fingerprint density at radius 1 is 0.393 bits per heavy atom. The number of hydrogen-bond acceptors (Lipinski definition) is 12. The molecule has 0 spiro atoms. The third-order valence-corrected chi connectivity index (χ3v) is 31.9. The number of aromatic nitrogens is 4. The van der Waals surface area contributed by atoms with Crippen LogP contribution in [0.2, 0.25) is 12.1 Å². The Hall–Kier alpha value is -3.71. The van der Waals surface area contributed by atoms with Crippen LogP contribution in [0, 0.1) is 29.3 Å². The van der Waals surface area contributed by atoms with Crippen LogP contribution >= 0.6 is 91.5 Å². The van der Waals surface area contributed by atoms with E-state index in [1.807, 2.05) is 23.5 Å². The molecular weight excluding hydrogens is 1210 g/mol. The molecule has 2 atom stereocenters. The lowest BCUT2D eigenvalue weighted by Gasteiger charge is -2.35. The van der Waals surface area contributed by atoms with Crippen LogP contribution < -0.4 is 10.4 Å². The number of unbranched alkanes of at least 4 members (excludes halogenated alkanes) is 12. The molecule has 10 aromatic rings. The Kier molecular flexibility index (Phi) is 21.1. The molecule has 0 bridgehead atoms. The monoisotopic (exact) mass is 1290 g/mol. The van der Waals surface area contributed by atoms with Gasteiger partial charge in [-0.15, -0.1) is 68.0 Å². The second-order valence-electron chi connectivity index (χ2n) is 23.5. The van der Waals surface area contributed by atoms with Gasteiger partial charge in [0.1, 0.15) is 36.0 Å². The van der Waals surface area contributed by atoms with Gasteiger partial charge in [-0.05, 0) is 127 Å². The first-order chi connectivity index (χ1) is 41.1. The minimum absolute atomic E-state index is 0.188. The van der Waals surface area contributed by atoms with Crippen LogP contribution in [-0.4, -0.2) is 25.6 Å². The molecule has 1 aliphatic rings. The molecule has 0 saturated heterocycles. The van der Waals surface area contributed by atoms with Gasteiger partial charge in [0.05, 0.1) is 40.1 Å². The quantitative estimate of drug-likeness (QED) is 0.0311. The summed E-state index contributed by atoms with van der Waals surface area (Å²) < 4.78 is 72.1. The number of rotatable bonds is 32. The minimum atomic E-state index is -2.74. The minimum Gasteiger partial charge on any atom is -0.206 e. The van der Waals surface area contributed by atoms with Crippen molar-refractivity contribution in [2.24, 2.45) is 11.8 Å². The number of hydrogen-bond donors (Lipinski definition) is 0. The van der Waals surface area contributed by atoms with E-state index in [0.717, 1.165) is 96.7 Å². The highest BCUT2D eigenvalue weighted by molar-refractivity contribution is 7.32. The van der Waals surface area contributed by atoms with E-state index in [4.69, 9.17) is 17.5 Å². The first kappa shape index (κ1) is 61.9. The fourth-order valence-corrected chi connectivity index (χ4v) is 29.0. The lowest BCUT2D eigenvalue weighted by molar-refractivity contribution is 0.457. The molecule has 2 aromatic carbocycles. The van der Waals surface area contributed by atoms with Crippen molar-refractivity contribution in [2.75, 3.05) is 0 Å². The van der Waals surface area contributed by atoms with Gasteiger partial charge in [0, 0.05) is 64.1 Å². The SMILES string of the molecule is CCCCCCc1ccc(-c2ccc(-c3cc(F)c(-c4cc5c(s4)-c4sc(-c6c(F)c(F)c(-c7ccc(-c8ccc(CCCCCC)s8)s7)c7nsnc67)cc4[Si]5(CC(CC)CCCCCC)CC(CC)CCCCCC)c4nsnc34)s2)s1. The van der Waals surface area contributed by atoms with Crippen LogP contribution in [0.15, 0.2) is 66.7 Å². The van der Waals surface area contributed by atoms with Crippen LogP contribution in [0.3, 0.4) is 0 Å². The number of nitrogens with zero attached hydrogens (tertiary/aromatic N) is 4. The smallest absolute Gasteiger partial charge is 0.170 e. The van der Waals surface area contributed by atoms with Gasteiger partial charge in [-0.2, -0.15) is 17.5 Å². The van der Waals surface area contributed by atoms with E-state index in [9.17, 15) is 0 Å². The Bertz CT molecular complexity index is 3770. The number of thiophene rings is 6. The summed E-state index contributed by atoms with van der Waals surface area (Å²) in [4.78, 5) is 12.9. The van der Waals surface area contributed by atoms with Gasteiger partial charge in [0.25, 0.3) is 0 Å². The fraction of sp³-hybridized carbons (Fsp3) is 0.471. The van der Waals surface area contributed by atoms with Gasteiger partial charge in [0.15, 0.2) is 11.6 Å². The molecule has 444 valence electrons. The Balaban J connectivity index is 1.01. The molecule has 4 nitrogen and oxygen atoms in total. The van der Waals surface area contributed by atoms with Crippen LogP contribution in [0.1, 0.15) is 180 Å². The van der Waals surface area contributed by atoms with E-state index in [1.54, 1.807) is 51.4 Å². The summed E-state index contributed by atoms with van der Waals surface area (Å²) in [6.45, 7) is 13.8. The predicted molar refractivity (Wildman–Crippen MR) is 369 cm³/mol. The van der Waals surface area contributed by atoms with Gasteiger partial charge in [-0.1, -0.05) is 157 Å². The molecule has 1 aliphatic heterocycles. The molecule has 11 rings (SSSR count). The molecule has 84 heavy (non-hydrogen) atoms. The summed E-state index contributed by atoms with van der Waals surface area (Å²) >= 11 is 12.3. The van der Waals surface area contributed by atoms with E-state index in [1.165, 1.54) is 162 Å². The molecular formula is C68H79F3N4S8Si. The van der Waals surface area contributed by atoms with Crippen LogP contribution in [0.4, 0.5) is 13.2 Å². The van der Waals surface area contributed by atoms with Gasteiger partial charge < -0.3 is 0 Å². The third-order valence-electron chi connectivity index (χ3n) is 17.7. The van der Waals surface area contributed by atoms with Crippen molar-refractivity contribution in [3.63, 3.8) is 0 Å². The first-order valence-electron chi connectivity index (χ1n) is 31.4. The Morgan fingerprint density at radius 3 is 1.30 bits per heavy atom. The van der Waals surface area contributed by atoms with Gasteiger partial charge in [0.2, 0.25) is 0 Å². The molecule has 2 unspecified atom stereocenters. The molecule has 0 saturated carbocycles. The predicted octanol–water partition coefficient (Wildman–Crippen LogP) is 24.3. The van der Waals surface area contributed by atoms with Gasteiger partial charge in [-0.25, -0.2) is 13.2 Å². The molecule has 0 amide bonds. The van der Waals surface area contributed by atoms with Gasteiger partial charge in [-0.3, -0.25) is 0 Å². The molecule has 0 aliphatic carbocycles. The highest BCUT2D eigenvalue weighted by Gasteiger charge is 2.50. The van der Waals surface area contributed by atoms with Crippen molar-refractivity contribution in [1.29, 1.82) is 0 Å². The summed E-state index contributed by atoms with van der Waals surface area (Å²) in [7, 11) is -2.74. The second-order valence-corrected chi connectivity index (χ2v) is 35.2. The van der Waals surface area contributed by atoms with Crippen LogP contribution in [-0.2, 0) is 12.8 Å². The molecule has 16 heteroatoms. The van der Waals surface area contributed by atoms with E-state index >= 15 is 13.2 Å². The van der Waals surface area contributed by atoms with Crippen molar-refractivity contribution in [3.8, 4) is 71.0 Å². The average molecular weight is 1290 g/mol. The van der Waals surface area contributed by atoms with Crippen molar-refractivity contribution in [2.45, 2.75) is 195 Å². The number of fused-ring (bicyclic) bond motifs is 5. The van der Waals surface area contributed by atoms with Crippen LogP contribution in [0.25, 0.3) is 93.1 Å². The zero-order valence-electron chi connectivity index (χ0n) is 49.7. The maximum Gasteiger partial charge on any atom is 0.170 e. The Morgan fingerprint density at radius 2 is 0.798 bits per heavy atom. The summed E-state index contributed by atoms with van der Waals surface area (Å²) in [5.41, 5.74) is 3.84. The maximum atomic E-state index is 17.7. The van der Waals surface area contributed by atoms with Crippen molar-refractivity contribution >= 4 is 132 Å². The van der Waals surface area contributed by atoms with E-state index in [0.29, 0.717) is 43.7 Å². The van der Waals surface area contributed by atoms with E-state index in [2.05, 4.69) is 90.1 Å². The molecule has 8 aromatic heterocycles. The molecule has 0 N–H and O–H groups in total. The Labute approximate surface area is 529 Å². The van der Waals surface area contributed by atoms with Crippen molar-refractivity contribution in [3.05, 3.63) is 93.9 Å². The lowest BCUT2D eigenvalue weighted by Crippen LogP contribution is -2.56. The van der Waals surface area contributed by atoms with Crippen LogP contribution in [0.5, 0.6) is 0 Å². The topological polar surface area (TPSA) is 51.6 Å². The molecule has 0 fully saturated rings. The summed E-state index contributed by atoms with van der Waals surface area (Å²) in [6, 6.07) is 25.7. The zero-order valence-corrected chi connectivity index (χ0v) is 57.2. The van der Waals surface area contributed by atoms with Gasteiger partial charge >= 0.3 is 0 Å². The highest BCUT2D eigenvalue weighted by Crippen LogP contribution is 2.53. The zero-order chi connectivity index (χ0) is 58.3. The average Bonchev–Trinajstić information content (AvgIpc) is 1.76. The van der Waals surface area contributed by atoms with E-state index < -0.39 is 19.7 Å². The van der Waals surface area contributed by atoms with Crippen molar-refractivity contribution < 1.29 is 13.2 Å². The summed E-state index contributed by atoms with van der Waals surface area (Å²) in [5.74, 6) is -1.04. The number of benzene rings is 2. The third kappa shape index (κ3) is 12.9.